The van der Waals surface area contributed by atoms with Crippen molar-refractivity contribution in [3.8, 4) is 0 Å². The van der Waals surface area contributed by atoms with Crippen LogP contribution in [0.3, 0.4) is 0 Å². The highest BCUT2D eigenvalue weighted by Crippen LogP contribution is 2.37. The molecule has 1 aliphatic rings. The molecule has 2 heteroatoms. The Labute approximate surface area is 127 Å². The molecule has 0 amide bonds. The van der Waals surface area contributed by atoms with Crippen LogP contribution in [0.5, 0.6) is 0 Å². The molecule has 1 heterocycles. The largest absolute Gasteiger partial charge is 0.308 e. The van der Waals surface area contributed by atoms with Gasteiger partial charge in [-0.2, -0.15) is 0 Å². The third kappa shape index (κ3) is 2.86. The van der Waals surface area contributed by atoms with Gasteiger partial charge in [0.1, 0.15) is 0 Å². The van der Waals surface area contributed by atoms with Crippen LogP contribution in [0, 0.1) is 0 Å². The maximum absolute atomic E-state index is 4.64. The third-order valence-electron chi connectivity index (χ3n) is 4.69. The molecule has 0 aliphatic heterocycles. The van der Waals surface area contributed by atoms with Gasteiger partial charge in [0.25, 0.3) is 0 Å². The fraction of sp³-hybridized carbons (Fsp3) is 0.421. The molecule has 3 rings (SSSR count). The minimum atomic E-state index is 0.182. The van der Waals surface area contributed by atoms with Crippen LogP contribution in [0.15, 0.2) is 42.6 Å². The average Bonchev–Trinajstić information content (AvgIpc) is 2.47. The number of aryl methyl sites for hydroxylation is 1. The molecule has 110 valence electrons. The van der Waals surface area contributed by atoms with Crippen molar-refractivity contribution in [2.24, 2.45) is 0 Å². The van der Waals surface area contributed by atoms with Gasteiger partial charge in [0, 0.05) is 6.20 Å². The highest BCUT2D eigenvalue weighted by atomic mass is 14.9. The average molecular weight is 280 g/mol. The molecule has 1 saturated carbocycles. The van der Waals surface area contributed by atoms with Gasteiger partial charge in [-0.15, -0.1) is 0 Å². The van der Waals surface area contributed by atoms with E-state index in [0.29, 0.717) is 0 Å². The number of nitrogens with one attached hydrogen (secondary N) is 1. The smallest absolute Gasteiger partial charge is 0.0751 e. The summed E-state index contributed by atoms with van der Waals surface area (Å²) in [6, 6.07) is 13.5. The molecule has 0 bridgehead atoms. The zero-order valence-corrected chi connectivity index (χ0v) is 13.0. The van der Waals surface area contributed by atoms with Gasteiger partial charge in [-0.3, -0.25) is 4.98 Å². The maximum atomic E-state index is 4.64. The number of hydrogen-bond acceptors (Lipinski definition) is 2. The Morgan fingerprint density at radius 3 is 2.76 bits per heavy atom. The highest BCUT2D eigenvalue weighted by Gasteiger charge is 2.22. The van der Waals surface area contributed by atoms with E-state index in [0.717, 1.165) is 18.0 Å². The van der Waals surface area contributed by atoms with Gasteiger partial charge in [-0.1, -0.05) is 43.7 Å². The minimum Gasteiger partial charge on any atom is -0.308 e. The van der Waals surface area contributed by atoms with Gasteiger partial charge < -0.3 is 5.32 Å². The van der Waals surface area contributed by atoms with Crippen molar-refractivity contribution in [2.75, 3.05) is 7.05 Å². The standard InChI is InChI=1S/C19H24N2/c1-3-14-11-6-12-21-19(14)18(20-2)17-10-5-9-16(13-17)15-7-4-8-15/h5-6,9-13,15,18,20H,3-4,7-8H2,1-2H3. The minimum absolute atomic E-state index is 0.182. The molecule has 1 fully saturated rings. The molecule has 2 nitrogen and oxygen atoms in total. The molecule has 0 saturated heterocycles. The van der Waals surface area contributed by atoms with Gasteiger partial charge in [-0.25, -0.2) is 0 Å². The lowest BCUT2D eigenvalue weighted by molar-refractivity contribution is 0.419. The zero-order chi connectivity index (χ0) is 14.7. The number of aromatic nitrogens is 1. The first-order valence-corrected chi connectivity index (χ1v) is 8.04. The molecule has 2 aromatic rings. The fourth-order valence-corrected chi connectivity index (χ4v) is 3.21. The number of pyridine rings is 1. The van der Waals surface area contributed by atoms with Crippen LogP contribution in [0.4, 0.5) is 0 Å². The molecule has 1 aromatic carbocycles. The molecular weight excluding hydrogens is 256 g/mol. The van der Waals surface area contributed by atoms with Crippen LogP contribution >= 0.6 is 0 Å². The van der Waals surface area contributed by atoms with Gasteiger partial charge in [0.05, 0.1) is 11.7 Å². The predicted molar refractivity (Wildman–Crippen MR) is 87.6 cm³/mol. The van der Waals surface area contributed by atoms with E-state index in [1.54, 1.807) is 0 Å². The van der Waals surface area contributed by atoms with Crippen LogP contribution in [-0.2, 0) is 6.42 Å². The summed E-state index contributed by atoms with van der Waals surface area (Å²) >= 11 is 0. The van der Waals surface area contributed by atoms with Gasteiger partial charge >= 0.3 is 0 Å². The molecule has 1 aromatic heterocycles. The van der Waals surface area contributed by atoms with E-state index in [2.05, 4.69) is 47.6 Å². The first-order valence-electron chi connectivity index (χ1n) is 8.04. The van der Waals surface area contributed by atoms with Crippen LogP contribution in [-0.4, -0.2) is 12.0 Å². The predicted octanol–water partition coefficient (Wildman–Crippen LogP) is 4.22. The third-order valence-corrected chi connectivity index (χ3v) is 4.69. The second-order valence-electron chi connectivity index (χ2n) is 5.92. The van der Waals surface area contributed by atoms with Crippen molar-refractivity contribution < 1.29 is 0 Å². The van der Waals surface area contributed by atoms with Gasteiger partial charge in [0.2, 0.25) is 0 Å². The second-order valence-corrected chi connectivity index (χ2v) is 5.92. The Morgan fingerprint density at radius 2 is 2.10 bits per heavy atom. The molecular formula is C19H24N2. The Morgan fingerprint density at radius 1 is 1.24 bits per heavy atom. The lowest BCUT2D eigenvalue weighted by Crippen LogP contribution is -2.21. The Hall–Kier alpha value is -1.67. The summed E-state index contributed by atoms with van der Waals surface area (Å²) in [5, 5.41) is 3.45. The molecule has 1 N–H and O–H groups in total. The lowest BCUT2D eigenvalue weighted by atomic mass is 9.79. The van der Waals surface area contributed by atoms with Crippen molar-refractivity contribution in [1.82, 2.24) is 10.3 Å². The molecule has 1 atom stereocenters. The number of rotatable bonds is 5. The summed E-state index contributed by atoms with van der Waals surface area (Å²) in [4.78, 5) is 4.64. The molecule has 21 heavy (non-hydrogen) atoms. The Balaban J connectivity index is 1.95. The Bertz CT molecular complexity index is 602. The van der Waals surface area contributed by atoms with Crippen molar-refractivity contribution >= 4 is 0 Å². The summed E-state index contributed by atoms with van der Waals surface area (Å²) < 4.78 is 0. The quantitative estimate of drug-likeness (QED) is 0.887. The number of benzene rings is 1. The van der Waals surface area contributed by atoms with E-state index in [1.165, 1.54) is 36.0 Å². The monoisotopic (exact) mass is 280 g/mol. The normalized spacial score (nSPS) is 16.5. The van der Waals surface area contributed by atoms with Gasteiger partial charge in [-0.05, 0) is 55.0 Å². The summed E-state index contributed by atoms with van der Waals surface area (Å²) in [7, 11) is 2.02. The maximum Gasteiger partial charge on any atom is 0.0751 e. The van der Waals surface area contributed by atoms with Crippen LogP contribution < -0.4 is 5.32 Å². The van der Waals surface area contributed by atoms with E-state index in [4.69, 9.17) is 0 Å². The van der Waals surface area contributed by atoms with Crippen molar-refractivity contribution in [1.29, 1.82) is 0 Å². The van der Waals surface area contributed by atoms with Crippen LogP contribution in [0.25, 0.3) is 0 Å². The number of hydrogen-bond donors (Lipinski definition) is 1. The van der Waals surface area contributed by atoms with Crippen molar-refractivity contribution in [3.63, 3.8) is 0 Å². The van der Waals surface area contributed by atoms with Crippen LogP contribution in [0.2, 0.25) is 0 Å². The van der Waals surface area contributed by atoms with E-state index in [1.807, 2.05) is 19.3 Å². The first kappa shape index (κ1) is 14.3. The summed E-state index contributed by atoms with van der Waals surface area (Å²) in [6.45, 7) is 2.19. The van der Waals surface area contributed by atoms with E-state index in [-0.39, 0.29) is 6.04 Å². The Kier molecular flexibility index (Phi) is 4.35. The van der Waals surface area contributed by atoms with Crippen molar-refractivity contribution in [3.05, 3.63) is 65.0 Å². The van der Waals surface area contributed by atoms with E-state index in [9.17, 15) is 0 Å². The first-order chi connectivity index (χ1) is 10.3. The zero-order valence-electron chi connectivity index (χ0n) is 13.0. The summed E-state index contributed by atoms with van der Waals surface area (Å²) in [5.41, 5.74) is 5.31. The lowest BCUT2D eigenvalue weighted by Gasteiger charge is -2.27. The fourth-order valence-electron chi connectivity index (χ4n) is 3.21. The molecule has 0 radical (unpaired) electrons. The molecule has 1 unspecified atom stereocenters. The van der Waals surface area contributed by atoms with Gasteiger partial charge in [0.15, 0.2) is 0 Å². The summed E-state index contributed by atoms with van der Waals surface area (Å²) in [6.07, 6.45) is 6.98. The number of nitrogens with zero attached hydrogens (tertiary/aromatic N) is 1. The molecule has 0 spiro atoms. The highest BCUT2D eigenvalue weighted by molar-refractivity contribution is 5.36. The van der Waals surface area contributed by atoms with E-state index >= 15 is 0 Å². The molecule has 1 aliphatic carbocycles. The van der Waals surface area contributed by atoms with Crippen LogP contribution in [0.1, 0.15) is 60.5 Å². The second kappa shape index (κ2) is 6.40. The topological polar surface area (TPSA) is 24.9 Å². The SMILES string of the molecule is CCc1cccnc1C(NC)c1cccc(C2CCC2)c1. The summed E-state index contributed by atoms with van der Waals surface area (Å²) in [5.74, 6) is 0.775. The van der Waals surface area contributed by atoms with E-state index < -0.39 is 0 Å². The van der Waals surface area contributed by atoms with Crippen molar-refractivity contribution in [2.45, 2.75) is 44.6 Å².